The van der Waals surface area contributed by atoms with E-state index >= 15 is 0 Å². The Bertz CT molecular complexity index is 3070. The molecule has 0 fully saturated rings. The first-order valence-electron chi connectivity index (χ1n) is 20.2. The van der Waals surface area contributed by atoms with Gasteiger partial charge in [-0.1, -0.05) is 121 Å². The molecule has 7 aromatic rings. The van der Waals surface area contributed by atoms with E-state index < -0.39 is 17.4 Å². The van der Waals surface area contributed by atoms with Gasteiger partial charge in [0.25, 0.3) is 0 Å². The van der Waals surface area contributed by atoms with E-state index in [2.05, 4.69) is 76.7 Å². The van der Waals surface area contributed by atoms with E-state index in [1.165, 1.54) is 0 Å². The third-order valence-electron chi connectivity index (χ3n) is 11.4. The molecule has 0 amide bonds. The molecular formula is C52H40N4O4. The number of nitrogens with one attached hydrogen (secondary N) is 2. The molecule has 3 aliphatic heterocycles. The Morgan fingerprint density at radius 3 is 1.80 bits per heavy atom. The molecule has 1 atom stereocenters. The predicted octanol–water partition coefficient (Wildman–Crippen LogP) is 8.06. The lowest BCUT2D eigenvalue weighted by Gasteiger charge is -2.31. The van der Waals surface area contributed by atoms with Gasteiger partial charge in [-0.3, -0.25) is 0 Å². The van der Waals surface area contributed by atoms with Crippen LogP contribution in [0.15, 0.2) is 186 Å². The zero-order valence-corrected chi connectivity index (χ0v) is 33.1. The highest BCUT2D eigenvalue weighted by Gasteiger charge is 2.55. The number of aliphatic imine (C=N–C) groups is 1. The highest BCUT2D eigenvalue weighted by molar-refractivity contribution is 6.30. The highest BCUT2D eigenvalue weighted by atomic mass is 16.5. The molecule has 10 rings (SSSR count). The molecule has 3 aromatic heterocycles. The Kier molecular flexibility index (Phi) is 9.10. The molecule has 60 heavy (non-hydrogen) atoms. The molecular weight excluding hydrogens is 745 g/mol. The number of H-pyrrole nitrogens is 2. The number of fused-ring (bicyclic) bond motifs is 7. The maximum absolute atomic E-state index is 14.7. The molecule has 6 heterocycles. The zero-order chi connectivity index (χ0) is 40.8. The van der Waals surface area contributed by atoms with Gasteiger partial charge in [0.05, 0.1) is 30.2 Å². The summed E-state index contributed by atoms with van der Waals surface area (Å²) in [6, 6.07) is 50.9. The Hall–Kier alpha value is -7.71. The molecule has 4 aromatic carbocycles. The molecule has 3 aliphatic rings. The number of esters is 2. The lowest BCUT2D eigenvalue weighted by atomic mass is 9.69. The smallest absolute Gasteiger partial charge is 0.355 e. The molecule has 1 unspecified atom stereocenters. The number of ether oxygens (including phenoxy) is 2. The average molecular weight is 785 g/mol. The zero-order valence-electron chi connectivity index (χ0n) is 33.1. The summed E-state index contributed by atoms with van der Waals surface area (Å²) in [5.74, 6) is -1.24. The molecule has 0 saturated carbocycles. The first kappa shape index (κ1) is 36.6. The van der Waals surface area contributed by atoms with Crippen LogP contribution in [0.3, 0.4) is 0 Å². The second kappa shape index (κ2) is 14.9. The number of carbonyl (C=O) groups excluding carboxylic acids is 2. The fourth-order valence-electron chi connectivity index (χ4n) is 9.02. The van der Waals surface area contributed by atoms with Crippen LogP contribution in [0.1, 0.15) is 58.7 Å². The number of allylic oxidation sites excluding steroid dienone is 2. The first-order chi connectivity index (χ1) is 29.5. The average Bonchev–Trinajstić information content (AvgIpc) is 4.14. The van der Waals surface area contributed by atoms with Crippen LogP contribution >= 0.6 is 0 Å². The van der Waals surface area contributed by atoms with E-state index in [-0.39, 0.29) is 24.5 Å². The molecule has 0 spiro atoms. The Balaban J connectivity index is 1.41. The second-order valence-corrected chi connectivity index (χ2v) is 14.8. The van der Waals surface area contributed by atoms with Gasteiger partial charge in [-0.25, -0.2) is 14.6 Å². The molecule has 292 valence electrons. The fraction of sp³-hybridized carbons (Fsp3) is 0.0962. The lowest BCUT2D eigenvalue weighted by molar-refractivity contribution is -0.140. The minimum Gasteiger partial charge on any atom is -0.463 e. The van der Waals surface area contributed by atoms with Crippen molar-refractivity contribution in [2.45, 2.75) is 19.3 Å². The number of benzene rings is 4. The van der Waals surface area contributed by atoms with Crippen molar-refractivity contribution in [3.63, 3.8) is 0 Å². The van der Waals surface area contributed by atoms with E-state index in [9.17, 15) is 9.59 Å². The van der Waals surface area contributed by atoms with Crippen LogP contribution in [0.4, 0.5) is 0 Å². The number of aromatic amines is 2. The maximum Gasteiger partial charge on any atom is 0.355 e. The van der Waals surface area contributed by atoms with E-state index in [1.807, 2.05) is 108 Å². The monoisotopic (exact) mass is 784 g/mol. The summed E-state index contributed by atoms with van der Waals surface area (Å²) >= 11 is 0. The van der Waals surface area contributed by atoms with E-state index in [0.29, 0.717) is 11.4 Å². The molecule has 8 heteroatoms. The molecule has 0 radical (unpaired) electrons. The van der Waals surface area contributed by atoms with Gasteiger partial charge >= 0.3 is 11.9 Å². The van der Waals surface area contributed by atoms with Gasteiger partial charge < -0.3 is 24.0 Å². The number of hydrogen-bond acceptors (Lipinski definition) is 5. The van der Waals surface area contributed by atoms with Crippen LogP contribution in [-0.4, -0.2) is 45.4 Å². The molecule has 8 bridgehead atoms. The van der Waals surface area contributed by atoms with Crippen molar-refractivity contribution < 1.29 is 19.1 Å². The van der Waals surface area contributed by atoms with Gasteiger partial charge in [-0.05, 0) is 78.6 Å². The summed E-state index contributed by atoms with van der Waals surface area (Å²) in [5.41, 5.74) is 9.95. The van der Waals surface area contributed by atoms with E-state index in [0.717, 1.165) is 72.3 Å². The Labute approximate surface area is 346 Å². The number of nitrogens with zero attached hydrogens (tertiary/aromatic N) is 2. The summed E-state index contributed by atoms with van der Waals surface area (Å²) in [6.45, 7) is 3.76. The Morgan fingerprint density at radius 1 is 0.600 bits per heavy atom. The van der Waals surface area contributed by atoms with Crippen molar-refractivity contribution in [3.8, 4) is 0 Å². The maximum atomic E-state index is 14.7. The molecule has 0 aliphatic carbocycles. The number of aromatic nitrogens is 3. The van der Waals surface area contributed by atoms with Crippen molar-refractivity contribution in [1.82, 2.24) is 14.5 Å². The minimum absolute atomic E-state index is 0.103. The van der Waals surface area contributed by atoms with Crippen molar-refractivity contribution >= 4 is 40.1 Å². The Morgan fingerprint density at radius 2 is 1.17 bits per heavy atom. The summed E-state index contributed by atoms with van der Waals surface area (Å²) in [7, 11) is 0. The topological polar surface area (TPSA) is 101 Å². The first-order valence-corrected chi connectivity index (χ1v) is 20.2. The molecule has 2 N–H and O–H groups in total. The van der Waals surface area contributed by atoms with Crippen LogP contribution in [-0.2, 0) is 24.5 Å². The van der Waals surface area contributed by atoms with Crippen molar-refractivity contribution in [2.24, 2.45) is 4.99 Å². The van der Waals surface area contributed by atoms with Crippen LogP contribution in [0.25, 0.3) is 22.4 Å². The number of rotatable bonds is 8. The van der Waals surface area contributed by atoms with Gasteiger partial charge in [-0.15, -0.1) is 0 Å². The van der Waals surface area contributed by atoms with E-state index in [4.69, 9.17) is 14.5 Å². The van der Waals surface area contributed by atoms with Crippen molar-refractivity contribution in [1.29, 1.82) is 0 Å². The van der Waals surface area contributed by atoms with E-state index in [1.54, 1.807) is 13.8 Å². The molecule has 0 saturated heterocycles. The highest BCUT2D eigenvalue weighted by Crippen LogP contribution is 2.53. The second-order valence-electron chi connectivity index (χ2n) is 14.8. The largest absolute Gasteiger partial charge is 0.463 e. The SMILES string of the molecule is CCOC(=O)C1=C(C(=O)OCC)C2(c3ccccc3)c3ccc([nH]3)/C(c3ccccc3)=C3/C=CC(=N3)/C(c3ccccc3)=c3/cc/c([nH]3)=C(\c3ccccc3)c3cc2n1c3. The van der Waals surface area contributed by atoms with Crippen LogP contribution in [0, 0.1) is 0 Å². The van der Waals surface area contributed by atoms with Crippen LogP contribution in [0.2, 0.25) is 0 Å². The van der Waals surface area contributed by atoms with Crippen molar-refractivity contribution in [3.05, 3.63) is 237 Å². The van der Waals surface area contributed by atoms with Crippen molar-refractivity contribution in [2.75, 3.05) is 13.2 Å². The predicted molar refractivity (Wildman–Crippen MR) is 234 cm³/mol. The van der Waals surface area contributed by atoms with Gasteiger partial charge in [-0.2, -0.15) is 0 Å². The normalized spacial score (nSPS) is 19.7. The number of carbonyl (C=O) groups is 2. The standard InChI is InChI=1S/C52H40N4O4/c1-3-59-50(57)48-49(51(58)60-4-2)56-32-36-31-44(56)52(48,37-23-15-8-16-24-37)43-30-29-42(55-43)47(35-21-13-7-14-22-35)41-28-27-40(54-41)46(34-19-11-6-12-20-34)39-26-25-38(53-39)45(36)33-17-9-5-10-18-33/h5-32,53,55H,3-4H2,1-2H3/b45-38-,46-39-,47-41-. The van der Waals surface area contributed by atoms with Gasteiger partial charge in [0, 0.05) is 56.3 Å². The summed E-state index contributed by atoms with van der Waals surface area (Å²) < 4.78 is 13.5. The van der Waals surface area contributed by atoms with Gasteiger partial charge in [0.2, 0.25) is 0 Å². The van der Waals surface area contributed by atoms with Gasteiger partial charge in [0.15, 0.2) is 0 Å². The number of hydrogen-bond donors (Lipinski definition) is 2. The summed E-state index contributed by atoms with van der Waals surface area (Å²) in [5, 5.41) is 1.76. The lowest BCUT2D eigenvalue weighted by Crippen LogP contribution is -2.35. The van der Waals surface area contributed by atoms with Crippen LogP contribution in [0.5, 0.6) is 0 Å². The quantitative estimate of drug-likeness (QED) is 0.152. The molecule has 8 nitrogen and oxygen atoms in total. The summed E-state index contributed by atoms with van der Waals surface area (Å²) in [6.07, 6.45) is 6.09. The third-order valence-corrected chi connectivity index (χ3v) is 11.4. The summed E-state index contributed by atoms with van der Waals surface area (Å²) in [4.78, 5) is 42.2. The minimum atomic E-state index is -1.35. The van der Waals surface area contributed by atoms with Gasteiger partial charge in [0.1, 0.15) is 11.1 Å². The van der Waals surface area contributed by atoms with Crippen LogP contribution < -0.4 is 10.7 Å². The fourth-order valence-corrected chi connectivity index (χ4v) is 9.02. The third kappa shape index (κ3) is 5.79.